The molecular formula is C12H16FNO. The highest BCUT2D eigenvalue weighted by Gasteiger charge is 2.10. The minimum absolute atomic E-state index is 0.197. The van der Waals surface area contributed by atoms with Crippen molar-refractivity contribution in [2.24, 2.45) is 0 Å². The summed E-state index contributed by atoms with van der Waals surface area (Å²) >= 11 is 0. The SMILES string of the molecule is Fc1ccc(CON2CCCCC2)cc1. The number of nitrogens with zero attached hydrogens (tertiary/aromatic N) is 1. The summed E-state index contributed by atoms with van der Waals surface area (Å²) in [5.74, 6) is -0.197. The van der Waals surface area contributed by atoms with Crippen LogP contribution >= 0.6 is 0 Å². The van der Waals surface area contributed by atoms with Crippen LogP contribution in [0.25, 0.3) is 0 Å². The second-order valence-electron chi connectivity index (χ2n) is 3.89. The molecule has 1 heterocycles. The number of hydrogen-bond acceptors (Lipinski definition) is 2. The number of rotatable bonds is 3. The second kappa shape index (κ2) is 5.24. The Labute approximate surface area is 89.6 Å². The van der Waals surface area contributed by atoms with Crippen LogP contribution in [0.15, 0.2) is 24.3 Å². The van der Waals surface area contributed by atoms with Crippen molar-refractivity contribution >= 4 is 0 Å². The van der Waals surface area contributed by atoms with E-state index < -0.39 is 0 Å². The molecule has 0 saturated carbocycles. The van der Waals surface area contributed by atoms with Gasteiger partial charge < -0.3 is 0 Å². The normalized spacial score (nSPS) is 17.9. The number of halogens is 1. The monoisotopic (exact) mass is 209 g/mol. The van der Waals surface area contributed by atoms with E-state index in [1.807, 2.05) is 5.06 Å². The van der Waals surface area contributed by atoms with Crippen LogP contribution in [-0.2, 0) is 11.4 Å². The van der Waals surface area contributed by atoms with Crippen LogP contribution < -0.4 is 0 Å². The lowest BCUT2D eigenvalue weighted by Gasteiger charge is -2.25. The van der Waals surface area contributed by atoms with Crippen LogP contribution in [0, 0.1) is 5.82 Å². The summed E-state index contributed by atoms with van der Waals surface area (Å²) in [4.78, 5) is 5.62. The molecule has 1 aromatic rings. The molecule has 0 N–H and O–H groups in total. The molecule has 0 unspecified atom stereocenters. The van der Waals surface area contributed by atoms with Gasteiger partial charge in [-0.3, -0.25) is 4.84 Å². The highest BCUT2D eigenvalue weighted by Crippen LogP contribution is 2.11. The number of hydroxylamine groups is 2. The fourth-order valence-corrected chi connectivity index (χ4v) is 1.74. The number of piperidine rings is 1. The zero-order valence-corrected chi connectivity index (χ0v) is 8.79. The Morgan fingerprint density at radius 1 is 1.07 bits per heavy atom. The van der Waals surface area contributed by atoms with Crippen molar-refractivity contribution in [3.63, 3.8) is 0 Å². The number of hydrogen-bond donors (Lipinski definition) is 0. The first-order valence-corrected chi connectivity index (χ1v) is 5.47. The summed E-state index contributed by atoms with van der Waals surface area (Å²) in [5.41, 5.74) is 1.02. The quantitative estimate of drug-likeness (QED) is 0.759. The van der Waals surface area contributed by atoms with E-state index in [1.54, 1.807) is 12.1 Å². The third-order valence-corrected chi connectivity index (χ3v) is 2.64. The minimum Gasteiger partial charge on any atom is -0.294 e. The highest BCUT2D eigenvalue weighted by molar-refractivity contribution is 5.14. The average molecular weight is 209 g/mol. The Kier molecular flexibility index (Phi) is 3.69. The molecular weight excluding hydrogens is 193 g/mol. The fraction of sp³-hybridized carbons (Fsp3) is 0.500. The molecule has 0 amide bonds. The Balaban J connectivity index is 1.79. The number of benzene rings is 1. The molecule has 0 aromatic heterocycles. The van der Waals surface area contributed by atoms with Crippen molar-refractivity contribution in [1.82, 2.24) is 5.06 Å². The van der Waals surface area contributed by atoms with Crippen LogP contribution in [0.4, 0.5) is 4.39 Å². The van der Waals surface area contributed by atoms with Gasteiger partial charge in [-0.1, -0.05) is 18.6 Å². The standard InChI is InChI=1S/C12H16FNO/c13-12-6-4-11(5-7-12)10-15-14-8-2-1-3-9-14/h4-7H,1-3,8-10H2. The van der Waals surface area contributed by atoms with Crippen LogP contribution in [0.3, 0.4) is 0 Å². The first-order valence-electron chi connectivity index (χ1n) is 5.47. The summed E-state index contributed by atoms with van der Waals surface area (Å²) in [6.45, 7) is 2.57. The molecule has 0 bridgehead atoms. The zero-order chi connectivity index (χ0) is 10.5. The van der Waals surface area contributed by atoms with E-state index in [0.717, 1.165) is 18.7 Å². The van der Waals surface area contributed by atoms with E-state index in [9.17, 15) is 4.39 Å². The first-order chi connectivity index (χ1) is 7.34. The Morgan fingerprint density at radius 3 is 2.40 bits per heavy atom. The Hall–Kier alpha value is -0.930. The molecule has 1 aliphatic rings. The van der Waals surface area contributed by atoms with Gasteiger partial charge >= 0.3 is 0 Å². The van der Waals surface area contributed by atoms with Crippen LogP contribution in [-0.4, -0.2) is 18.2 Å². The van der Waals surface area contributed by atoms with E-state index in [0.29, 0.717) is 6.61 Å². The van der Waals surface area contributed by atoms with E-state index >= 15 is 0 Å². The van der Waals surface area contributed by atoms with Gasteiger partial charge in [0.1, 0.15) is 5.82 Å². The molecule has 0 radical (unpaired) electrons. The summed E-state index contributed by atoms with van der Waals surface area (Å²) in [6.07, 6.45) is 3.73. The van der Waals surface area contributed by atoms with Gasteiger partial charge in [-0.25, -0.2) is 4.39 Å². The van der Waals surface area contributed by atoms with E-state index in [2.05, 4.69) is 0 Å². The largest absolute Gasteiger partial charge is 0.294 e. The van der Waals surface area contributed by atoms with Gasteiger partial charge in [0, 0.05) is 13.1 Å². The van der Waals surface area contributed by atoms with E-state index in [1.165, 1.54) is 31.4 Å². The average Bonchev–Trinajstić information content (AvgIpc) is 2.30. The molecule has 2 rings (SSSR count). The van der Waals surface area contributed by atoms with Crippen LogP contribution in [0.1, 0.15) is 24.8 Å². The molecule has 0 aliphatic carbocycles. The van der Waals surface area contributed by atoms with Crippen molar-refractivity contribution in [3.8, 4) is 0 Å². The summed E-state index contributed by atoms with van der Waals surface area (Å²) in [6, 6.07) is 6.46. The lowest BCUT2D eigenvalue weighted by Crippen LogP contribution is -2.29. The molecule has 1 aromatic carbocycles. The van der Waals surface area contributed by atoms with E-state index in [-0.39, 0.29) is 5.82 Å². The van der Waals surface area contributed by atoms with Gasteiger partial charge in [0.2, 0.25) is 0 Å². The minimum atomic E-state index is -0.197. The van der Waals surface area contributed by atoms with E-state index in [4.69, 9.17) is 4.84 Å². The molecule has 3 heteroatoms. The molecule has 1 fully saturated rings. The van der Waals surface area contributed by atoms with Gasteiger partial charge in [-0.2, -0.15) is 5.06 Å². The Morgan fingerprint density at radius 2 is 1.73 bits per heavy atom. The third-order valence-electron chi connectivity index (χ3n) is 2.64. The molecule has 1 aliphatic heterocycles. The maximum absolute atomic E-state index is 12.6. The molecule has 0 atom stereocenters. The second-order valence-corrected chi connectivity index (χ2v) is 3.89. The van der Waals surface area contributed by atoms with Gasteiger partial charge in [-0.05, 0) is 30.5 Å². The van der Waals surface area contributed by atoms with Gasteiger partial charge in [0.05, 0.1) is 6.61 Å². The first kappa shape index (κ1) is 10.6. The predicted octanol–water partition coefficient (Wildman–Crippen LogP) is 2.74. The molecule has 15 heavy (non-hydrogen) atoms. The smallest absolute Gasteiger partial charge is 0.123 e. The summed E-state index contributed by atoms with van der Waals surface area (Å²) in [7, 11) is 0. The third kappa shape index (κ3) is 3.29. The van der Waals surface area contributed by atoms with Crippen molar-refractivity contribution in [2.45, 2.75) is 25.9 Å². The maximum atomic E-state index is 12.6. The predicted molar refractivity (Wildman–Crippen MR) is 56.6 cm³/mol. The van der Waals surface area contributed by atoms with Gasteiger partial charge in [0.25, 0.3) is 0 Å². The van der Waals surface area contributed by atoms with Crippen molar-refractivity contribution < 1.29 is 9.23 Å². The van der Waals surface area contributed by atoms with Crippen molar-refractivity contribution in [2.75, 3.05) is 13.1 Å². The molecule has 82 valence electrons. The van der Waals surface area contributed by atoms with Gasteiger partial charge in [-0.15, -0.1) is 0 Å². The molecule has 0 spiro atoms. The van der Waals surface area contributed by atoms with Crippen molar-refractivity contribution in [3.05, 3.63) is 35.6 Å². The summed E-state index contributed by atoms with van der Waals surface area (Å²) in [5, 5.41) is 2.01. The zero-order valence-electron chi connectivity index (χ0n) is 8.79. The van der Waals surface area contributed by atoms with Crippen LogP contribution in [0.5, 0.6) is 0 Å². The lowest BCUT2D eigenvalue weighted by molar-refractivity contribution is -0.178. The van der Waals surface area contributed by atoms with Crippen LogP contribution in [0.2, 0.25) is 0 Å². The van der Waals surface area contributed by atoms with Crippen molar-refractivity contribution in [1.29, 1.82) is 0 Å². The summed E-state index contributed by atoms with van der Waals surface area (Å²) < 4.78 is 12.6. The molecule has 1 saturated heterocycles. The maximum Gasteiger partial charge on any atom is 0.123 e. The molecule has 2 nitrogen and oxygen atoms in total. The topological polar surface area (TPSA) is 12.5 Å². The Bertz CT molecular complexity index is 293. The van der Waals surface area contributed by atoms with Gasteiger partial charge in [0.15, 0.2) is 0 Å². The lowest BCUT2D eigenvalue weighted by atomic mass is 10.2. The highest BCUT2D eigenvalue weighted by atomic mass is 19.1. The fourth-order valence-electron chi connectivity index (χ4n) is 1.74.